The molecular formula is C14H20O3. The van der Waals surface area contributed by atoms with Crippen molar-refractivity contribution in [2.45, 2.75) is 41.5 Å². The van der Waals surface area contributed by atoms with E-state index >= 15 is 0 Å². The van der Waals surface area contributed by atoms with Crippen molar-refractivity contribution in [1.82, 2.24) is 0 Å². The Balaban J connectivity index is 3.02. The minimum Gasteiger partial charge on any atom is -0.450 e. The Morgan fingerprint density at radius 1 is 0.824 bits per heavy atom. The van der Waals surface area contributed by atoms with Gasteiger partial charge in [-0.05, 0) is 12.1 Å². The maximum atomic E-state index is 11.9. The van der Waals surface area contributed by atoms with Crippen LogP contribution in [-0.2, 0) is 0 Å². The summed E-state index contributed by atoms with van der Waals surface area (Å²) in [5.74, 6) is 0.325. The second-order valence-electron chi connectivity index (χ2n) is 6.32. The fraction of sp³-hybridized carbons (Fsp3) is 0.571. The molecule has 0 aromatic carbocycles. The van der Waals surface area contributed by atoms with Gasteiger partial charge in [0.2, 0.25) is 11.6 Å². The molecule has 0 radical (unpaired) electrons. The smallest absolute Gasteiger partial charge is 0.203 e. The van der Waals surface area contributed by atoms with Gasteiger partial charge in [-0.2, -0.15) is 0 Å². The number of rotatable bonds is 2. The molecule has 0 saturated carbocycles. The minimum atomic E-state index is -0.500. The van der Waals surface area contributed by atoms with E-state index in [9.17, 15) is 9.59 Å². The van der Waals surface area contributed by atoms with E-state index in [0.717, 1.165) is 0 Å². The molecule has 1 heterocycles. The summed E-state index contributed by atoms with van der Waals surface area (Å²) in [6.07, 6.45) is 0. The molecule has 0 spiro atoms. The summed E-state index contributed by atoms with van der Waals surface area (Å²) in [5.41, 5.74) is -1.00. The van der Waals surface area contributed by atoms with Crippen LogP contribution in [0.2, 0.25) is 0 Å². The third kappa shape index (κ3) is 3.05. The van der Waals surface area contributed by atoms with Gasteiger partial charge in [-0.3, -0.25) is 9.59 Å². The van der Waals surface area contributed by atoms with Gasteiger partial charge in [0.15, 0.2) is 11.5 Å². The predicted molar refractivity (Wildman–Crippen MR) is 66.3 cm³/mol. The zero-order valence-electron chi connectivity index (χ0n) is 11.4. The number of furan rings is 1. The van der Waals surface area contributed by atoms with Crippen LogP contribution < -0.4 is 0 Å². The van der Waals surface area contributed by atoms with Crippen molar-refractivity contribution in [2.75, 3.05) is 0 Å². The monoisotopic (exact) mass is 236 g/mol. The summed E-state index contributed by atoms with van der Waals surface area (Å²) in [7, 11) is 0. The van der Waals surface area contributed by atoms with Crippen molar-refractivity contribution in [3.63, 3.8) is 0 Å². The van der Waals surface area contributed by atoms with E-state index in [-0.39, 0.29) is 23.1 Å². The molecule has 0 aliphatic heterocycles. The van der Waals surface area contributed by atoms with Crippen molar-refractivity contribution >= 4 is 11.6 Å². The van der Waals surface area contributed by atoms with E-state index in [0.29, 0.717) is 0 Å². The van der Waals surface area contributed by atoms with Gasteiger partial charge in [0, 0.05) is 10.8 Å². The molecule has 3 nitrogen and oxygen atoms in total. The standard InChI is InChI=1S/C14H20O3/c1-13(2,3)11(15)9-7-8-10(17-9)12(16)14(4,5)6/h7-8H,1-6H3. The molecule has 0 aliphatic carbocycles. The van der Waals surface area contributed by atoms with E-state index in [1.54, 1.807) is 12.1 Å². The van der Waals surface area contributed by atoms with Gasteiger partial charge in [-0.25, -0.2) is 0 Å². The summed E-state index contributed by atoms with van der Waals surface area (Å²) in [6, 6.07) is 3.15. The second-order valence-corrected chi connectivity index (χ2v) is 6.32. The zero-order chi connectivity index (χ0) is 13.4. The molecule has 0 N–H and O–H groups in total. The molecule has 1 aromatic rings. The lowest BCUT2D eigenvalue weighted by molar-refractivity contribution is 0.0798. The van der Waals surface area contributed by atoms with E-state index in [1.807, 2.05) is 41.5 Å². The zero-order valence-corrected chi connectivity index (χ0v) is 11.4. The van der Waals surface area contributed by atoms with Crippen LogP contribution >= 0.6 is 0 Å². The average Bonchev–Trinajstić information content (AvgIpc) is 2.60. The minimum absolute atomic E-state index is 0.0922. The maximum Gasteiger partial charge on any atom is 0.203 e. The topological polar surface area (TPSA) is 47.3 Å². The molecule has 0 aliphatic rings. The van der Waals surface area contributed by atoms with Crippen LogP contribution in [0, 0.1) is 10.8 Å². The van der Waals surface area contributed by atoms with Crippen molar-refractivity contribution in [2.24, 2.45) is 10.8 Å². The Morgan fingerprint density at radius 3 is 1.35 bits per heavy atom. The third-order valence-corrected chi connectivity index (χ3v) is 2.42. The van der Waals surface area contributed by atoms with Crippen LogP contribution in [0.25, 0.3) is 0 Å². The first-order valence-corrected chi connectivity index (χ1v) is 5.73. The van der Waals surface area contributed by atoms with Crippen LogP contribution in [-0.4, -0.2) is 11.6 Å². The quantitative estimate of drug-likeness (QED) is 0.735. The fourth-order valence-corrected chi connectivity index (χ4v) is 1.32. The highest BCUT2D eigenvalue weighted by Crippen LogP contribution is 2.26. The van der Waals surface area contributed by atoms with Crippen LogP contribution in [0.5, 0.6) is 0 Å². The molecule has 1 aromatic heterocycles. The number of Topliss-reactive ketones (excluding diaryl/α,β-unsaturated/α-hetero) is 2. The third-order valence-electron chi connectivity index (χ3n) is 2.42. The second kappa shape index (κ2) is 4.13. The lowest BCUT2D eigenvalue weighted by atomic mass is 9.89. The molecule has 0 unspecified atom stereocenters. The van der Waals surface area contributed by atoms with Gasteiger partial charge >= 0.3 is 0 Å². The molecule has 0 fully saturated rings. The summed E-state index contributed by atoms with van der Waals surface area (Å²) in [5, 5.41) is 0. The summed E-state index contributed by atoms with van der Waals surface area (Å²) < 4.78 is 5.36. The summed E-state index contributed by atoms with van der Waals surface area (Å²) >= 11 is 0. The first-order chi connectivity index (χ1) is 7.53. The number of ketones is 2. The number of hydrogen-bond donors (Lipinski definition) is 0. The highest BCUT2D eigenvalue weighted by Gasteiger charge is 2.29. The van der Waals surface area contributed by atoms with Crippen LogP contribution in [0.1, 0.15) is 62.7 Å². The predicted octanol–water partition coefficient (Wildman–Crippen LogP) is 3.74. The van der Waals surface area contributed by atoms with E-state index in [2.05, 4.69) is 0 Å². The van der Waals surface area contributed by atoms with Gasteiger partial charge in [0.25, 0.3) is 0 Å². The van der Waals surface area contributed by atoms with E-state index in [4.69, 9.17) is 4.42 Å². The maximum absolute atomic E-state index is 11.9. The molecule has 0 amide bonds. The Labute approximate surface area is 102 Å². The van der Waals surface area contributed by atoms with Gasteiger partial charge in [-0.1, -0.05) is 41.5 Å². The molecule has 17 heavy (non-hydrogen) atoms. The van der Waals surface area contributed by atoms with Crippen molar-refractivity contribution in [3.8, 4) is 0 Å². The summed E-state index contributed by atoms with van der Waals surface area (Å²) in [6.45, 7) is 10.9. The van der Waals surface area contributed by atoms with Crippen molar-refractivity contribution in [3.05, 3.63) is 23.7 Å². The molecule has 0 atom stereocenters. The van der Waals surface area contributed by atoms with E-state index < -0.39 is 10.8 Å². The molecule has 1 rings (SSSR count). The Morgan fingerprint density at radius 2 is 1.12 bits per heavy atom. The molecule has 94 valence electrons. The van der Waals surface area contributed by atoms with Gasteiger partial charge < -0.3 is 4.42 Å². The number of carbonyl (C=O) groups excluding carboxylic acids is 2. The van der Waals surface area contributed by atoms with Crippen molar-refractivity contribution < 1.29 is 14.0 Å². The Kier molecular flexibility index (Phi) is 3.33. The normalized spacial score (nSPS) is 12.6. The van der Waals surface area contributed by atoms with Gasteiger partial charge in [0.05, 0.1) is 0 Å². The lowest BCUT2D eigenvalue weighted by Crippen LogP contribution is -2.20. The number of carbonyl (C=O) groups is 2. The van der Waals surface area contributed by atoms with Gasteiger partial charge in [0.1, 0.15) is 0 Å². The average molecular weight is 236 g/mol. The molecular weight excluding hydrogens is 216 g/mol. The summed E-state index contributed by atoms with van der Waals surface area (Å²) in [4.78, 5) is 23.9. The Bertz CT molecular complexity index is 398. The first-order valence-electron chi connectivity index (χ1n) is 5.73. The van der Waals surface area contributed by atoms with Crippen molar-refractivity contribution in [1.29, 1.82) is 0 Å². The largest absolute Gasteiger partial charge is 0.450 e. The van der Waals surface area contributed by atoms with Crippen LogP contribution in [0.4, 0.5) is 0 Å². The lowest BCUT2D eigenvalue weighted by Gasteiger charge is -2.15. The van der Waals surface area contributed by atoms with E-state index in [1.165, 1.54) is 0 Å². The van der Waals surface area contributed by atoms with Crippen LogP contribution in [0.3, 0.4) is 0 Å². The first kappa shape index (κ1) is 13.7. The highest BCUT2D eigenvalue weighted by atomic mass is 16.4. The number of hydrogen-bond acceptors (Lipinski definition) is 3. The van der Waals surface area contributed by atoms with Gasteiger partial charge in [-0.15, -0.1) is 0 Å². The molecule has 0 saturated heterocycles. The SMILES string of the molecule is CC(C)(C)C(=O)c1ccc(C(=O)C(C)(C)C)o1. The molecule has 0 bridgehead atoms. The molecule has 3 heteroatoms. The van der Waals surface area contributed by atoms with Crippen LogP contribution in [0.15, 0.2) is 16.5 Å². The Hall–Kier alpha value is -1.38. The fourth-order valence-electron chi connectivity index (χ4n) is 1.32. The highest BCUT2D eigenvalue weighted by molar-refractivity contribution is 6.01.